The highest BCUT2D eigenvalue weighted by Gasteiger charge is 2.50. The highest BCUT2D eigenvalue weighted by molar-refractivity contribution is 6.09. The fourth-order valence-corrected chi connectivity index (χ4v) is 3.90. The molecule has 1 amide bonds. The summed E-state index contributed by atoms with van der Waals surface area (Å²) in [6, 6.07) is 14.4. The lowest BCUT2D eigenvalue weighted by molar-refractivity contribution is -0.129. The molecule has 1 aliphatic carbocycles. The molecule has 3 aromatic rings. The van der Waals surface area contributed by atoms with Crippen molar-refractivity contribution in [1.29, 1.82) is 0 Å². The molecule has 5 rings (SSSR count). The van der Waals surface area contributed by atoms with Crippen LogP contribution < -0.4 is 10.5 Å². The summed E-state index contributed by atoms with van der Waals surface area (Å²) in [5, 5.41) is 0. The molecule has 3 heterocycles. The average Bonchev–Trinajstić information content (AvgIpc) is 3.62. The SMILES string of the molecule is CN1C(=O)C(c2cc(OC3CC3)cc(-c3ccccn3)c2)(c2ccnc(CF)c2)N=C1N. The van der Waals surface area contributed by atoms with Crippen molar-refractivity contribution in [3.05, 3.63) is 77.7 Å². The van der Waals surface area contributed by atoms with Gasteiger partial charge in [-0.05, 0) is 66.4 Å². The van der Waals surface area contributed by atoms with E-state index in [1.807, 2.05) is 36.4 Å². The van der Waals surface area contributed by atoms with E-state index in [4.69, 9.17) is 10.5 Å². The third-order valence-corrected chi connectivity index (χ3v) is 5.72. The second-order valence-electron chi connectivity index (χ2n) is 7.99. The molecule has 7 nitrogen and oxygen atoms in total. The van der Waals surface area contributed by atoms with Crippen LogP contribution >= 0.6 is 0 Å². The molecule has 8 heteroatoms. The fourth-order valence-electron chi connectivity index (χ4n) is 3.90. The lowest BCUT2D eigenvalue weighted by Gasteiger charge is -2.27. The van der Waals surface area contributed by atoms with Crippen LogP contribution in [0.15, 0.2) is 65.9 Å². The third-order valence-electron chi connectivity index (χ3n) is 5.72. The van der Waals surface area contributed by atoms with Gasteiger partial charge < -0.3 is 10.5 Å². The van der Waals surface area contributed by atoms with E-state index in [0.717, 1.165) is 24.1 Å². The number of amides is 1. The van der Waals surface area contributed by atoms with E-state index in [9.17, 15) is 9.18 Å². The van der Waals surface area contributed by atoms with Crippen molar-refractivity contribution in [3.63, 3.8) is 0 Å². The smallest absolute Gasteiger partial charge is 0.266 e. The predicted octanol–water partition coefficient (Wildman–Crippen LogP) is 3.18. The standard InChI is InChI=1S/C24H22FN5O2/c1-30-22(31)24(29-23(30)26,16-7-9-27-18(12-16)14-25)17-10-15(21-4-2-3-8-28-21)11-20(13-17)32-19-5-6-19/h2-4,7-13,19H,5-6,14H2,1H3,(H2,26,29). The first-order valence-electron chi connectivity index (χ1n) is 10.4. The highest BCUT2D eigenvalue weighted by atomic mass is 19.1. The average molecular weight is 431 g/mol. The van der Waals surface area contributed by atoms with Crippen LogP contribution in [0, 0.1) is 0 Å². The van der Waals surface area contributed by atoms with Gasteiger partial charge in [0, 0.05) is 25.0 Å². The fraction of sp³-hybridized carbons (Fsp3) is 0.250. The number of carbonyl (C=O) groups excluding carboxylic acids is 1. The molecule has 32 heavy (non-hydrogen) atoms. The number of aromatic nitrogens is 2. The van der Waals surface area contributed by atoms with Crippen molar-refractivity contribution in [3.8, 4) is 17.0 Å². The molecule has 162 valence electrons. The lowest BCUT2D eigenvalue weighted by Crippen LogP contribution is -2.41. The summed E-state index contributed by atoms with van der Waals surface area (Å²) >= 11 is 0. The summed E-state index contributed by atoms with van der Waals surface area (Å²) in [5.74, 6) is 0.379. The Balaban J connectivity index is 1.75. The van der Waals surface area contributed by atoms with Crippen molar-refractivity contribution >= 4 is 11.9 Å². The van der Waals surface area contributed by atoms with Crippen molar-refractivity contribution < 1.29 is 13.9 Å². The molecular formula is C24H22FN5O2. The second-order valence-corrected chi connectivity index (χ2v) is 7.99. The zero-order valence-corrected chi connectivity index (χ0v) is 17.5. The first-order valence-corrected chi connectivity index (χ1v) is 10.4. The van der Waals surface area contributed by atoms with Crippen molar-refractivity contribution in [1.82, 2.24) is 14.9 Å². The quantitative estimate of drug-likeness (QED) is 0.647. The van der Waals surface area contributed by atoms with Crippen LogP contribution in [0.1, 0.15) is 29.7 Å². The van der Waals surface area contributed by atoms with Gasteiger partial charge in [0.05, 0.1) is 17.5 Å². The molecule has 1 atom stereocenters. The molecular weight excluding hydrogens is 409 g/mol. The van der Waals surface area contributed by atoms with Gasteiger partial charge in [0.2, 0.25) is 0 Å². The van der Waals surface area contributed by atoms with Crippen molar-refractivity contribution in [2.45, 2.75) is 31.2 Å². The Labute approximate surface area is 184 Å². The van der Waals surface area contributed by atoms with Gasteiger partial charge in [-0.15, -0.1) is 0 Å². The number of halogens is 1. The van der Waals surface area contributed by atoms with Gasteiger partial charge in [-0.25, -0.2) is 9.38 Å². The van der Waals surface area contributed by atoms with Gasteiger partial charge in [0.15, 0.2) is 11.5 Å². The number of nitrogens with two attached hydrogens (primary N) is 1. The van der Waals surface area contributed by atoms with Crippen molar-refractivity contribution in [2.24, 2.45) is 10.7 Å². The summed E-state index contributed by atoms with van der Waals surface area (Å²) in [4.78, 5) is 28.0. The molecule has 1 saturated carbocycles. The number of ether oxygens (including phenoxy) is 1. The molecule has 1 fully saturated rings. The topological polar surface area (TPSA) is 93.7 Å². The number of carbonyl (C=O) groups is 1. The molecule has 1 aromatic carbocycles. The number of alkyl halides is 1. The minimum absolute atomic E-state index is 0.0847. The van der Waals surface area contributed by atoms with E-state index in [1.165, 1.54) is 11.1 Å². The van der Waals surface area contributed by atoms with Crippen LogP contribution in [0.2, 0.25) is 0 Å². The summed E-state index contributed by atoms with van der Waals surface area (Å²) in [6.07, 6.45) is 5.33. The van der Waals surface area contributed by atoms with Crippen LogP contribution in [0.3, 0.4) is 0 Å². The van der Waals surface area contributed by atoms with Crippen LogP contribution in [-0.2, 0) is 17.0 Å². The Bertz CT molecular complexity index is 1210. The first-order chi connectivity index (χ1) is 15.5. The molecule has 2 aliphatic rings. The molecule has 1 unspecified atom stereocenters. The maximum absolute atomic E-state index is 13.6. The van der Waals surface area contributed by atoms with E-state index in [1.54, 1.807) is 25.4 Å². The number of aliphatic imine (C=N–C) groups is 1. The van der Waals surface area contributed by atoms with E-state index < -0.39 is 12.2 Å². The number of nitrogens with zero attached hydrogens (tertiary/aromatic N) is 4. The summed E-state index contributed by atoms with van der Waals surface area (Å²) in [6.45, 7) is -0.753. The maximum Gasteiger partial charge on any atom is 0.266 e. The number of guanidine groups is 1. The largest absolute Gasteiger partial charge is 0.490 e. The second kappa shape index (κ2) is 7.71. The number of rotatable bonds is 6. The maximum atomic E-state index is 13.6. The van der Waals surface area contributed by atoms with Gasteiger partial charge in [0.25, 0.3) is 5.91 Å². The van der Waals surface area contributed by atoms with Gasteiger partial charge in [0.1, 0.15) is 12.4 Å². The number of hydrogen-bond acceptors (Lipinski definition) is 6. The van der Waals surface area contributed by atoms with Crippen LogP contribution in [-0.4, -0.2) is 39.9 Å². The molecule has 2 aromatic heterocycles. The van der Waals surface area contributed by atoms with Gasteiger partial charge in [-0.2, -0.15) is 0 Å². The van der Waals surface area contributed by atoms with E-state index >= 15 is 0 Å². The van der Waals surface area contributed by atoms with E-state index in [0.29, 0.717) is 16.9 Å². The molecule has 0 bridgehead atoms. The Hall–Kier alpha value is -3.81. The number of benzene rings is 1. The number of likely N-dealkylation sites (N-methyl/N-ethyl adjacent to an activating group) is 1. The Morgan fingerprint density at radius 2 is 1.97 bits per heavy atom. The Morgan fingerprint density at radius 1 is 1.12 bits per heavy atom. The molecule has 0 radical (unpaired) electrons. The summed E-state index contributed by atoms with van der Waals surface area (Å²) < 4.78 is 19.5. The number of pyridine rings is 2. The molecule has 0 saturated heterocycles. The Kier molecular flexibility index (Phi) is 4.84. The van der Waals surface area contributed by atoms with Crippen LogP contribution in [0.25, 0.3) is 11.3 Å². The zero-order valence-electron chi connectivity index (χ0n) is 17.5. The molecule has 0 spiro atoms. The monoisotopic (exact) mass is 431 g/mol. The van der Waals surface area contributed by atoms with Crippen molar-refractivity contribution in [2.75, 3.05) is 7.05 Å². The normalized spacial score (nSPS) is 20.4. The van der Waals surface area contributed by atoms with Crippen LogP contribution in [0.5, 0.6) is 5.75 Å². The Morgan fingerprint density at radius 3 is 2.62 bits per heavy atom. The minimum atomic E-state index is -1.47. The first kappa shape index (κ1) is 20.1. The third kappa shape index (κ3) is 3.37. The minimum Gasteiger partial charge on any atom is -0.490 e. The zero-order chi connectivity index (χ0) is 22.3. The lowest BCUT2D eigenvalue weighted by atomic mass is 9.82. The number of hydrogen-bond donors (Lipinski definition) is 1. The van der Waals surface area contributed by atoms with Crippen LogP contribution in [0.4, 0.5) is 4.39 Å². The van der Waals surface area contributed by atoms with E-state index in [2.05, 4.69) is 15.0 Å². The summed E-state index contributed by atoms with van der Waals surface area (Å²) in [7, 11) is 1.57. The van der Waals surface area contributed by atoms with Gasteiger partial charge in [-0.1, -0.05) is 6.07 Å². The highest BCUT2D eigenvalue weighted by Crippen LogP contribution is 2.43. The molecule has 2 N–H and O–H groups in total. The van der Waals surface area contributed by atoms with Gasteiger partial charge in [-0.3, -0.25) is 19.7 Å². The van der Waals surface area contributed by atoms with E-state index in [-0.39, 0.29) is 23.7 Å². The predicted molar refractivity (Wildman–Crippen MR) is 118 cm³/mol. The molecule has 1 aliphatic heterocycles. The summed E-state index contributed by atoms with van der Waals surface area (Å²) in [5.41, 5.74) is 7.42. The van der Waals surface area contributed by atoms with Gasteiger partial charge >= 0.3 is 0 Å².